The molecule has 30 heavy (non-hydrogen) atoms. The number of nitrogens with zero attached hydrogens (tertiary/aromatic N) is 3. The average Bonchev–Trinajstić information content (AvgIpc) is 2.98. The Hall–Kier alpha value is -2.59. The lowest BCUT2D eigenvalue weighted by molar-refractivity contribution is -0.122. The molecule has 1 amide bonds. The van der Waals surface area contributed by atoms with Crippen molar-refractivity contribution in [3.8, 4) is 5.75 Å². The molecule has 0 saturated carbocycles. The van der Waals surface area contributed by atoms with Crippen molar-refractivity contribution in [3.05, 3.63) is 52.5 Å². The largest absolute Gasteiger partial charge is 0.496 e. The first-order chi connectivity index (χ1) is 14.3. The summed E-state index contributed by atoms with van der Waals surface area (Å²) in [6, 6.07) is 6.76. The third-order valence-corrected chi connectivity index (χ3v) is 5.55. The Morgan fingerprint density at radius 1 is 1.33 bits per heavy atom. The van der Waals surface area contributed by atoms with Crippen LogP contribution < -0.4 is 10.1 Å². The molecule has 10 heteroatoms. The van der Waals surface area contributed by atoms with Crippen LogP contribution in [0.4, 0.5) is 8.78 Å². The lowest BCUT2D eigenvalue weighted by atomic mass is 10.1. The molecule has 1 aliphatic heterocycles. The number of amides is 1. The van der Waals surface area contributed by atoms with E-state index < -0.39 is 6.43 Å². The summed E-state index contributed by atoms with van der Waals surface area (Å²) in [6.07, 6.45) is -0.934. The summed E-state index contributed by atoms with van der Waals surface area (Å²) in [7, 11) is 1.55. The van der Waals surface area contributed by atoms with Crippen LogP contribution in [-0.2, 0) is 10.5 Å². The maximum atomic E-state index is 13.0. The Labute approximate surface area is 182 Å². The Bertz CT molecular complexity index is 1010. The van der Waals surface area contributed by atoms with Crippen LogP contribution in [0.15, 0.2) is 35.1 Å². The molecule has 0 aliphatic carbocycles. The van der Waals surface area contributed by atoms with E-state index in [-0.39, 0.29) is 16.8 Å². The van der Waals surface area contributed by atoms with E-state index in [0.29, 0.717) is 34.6 Å². The number of benzene rings is 1. The summed E-state index contributed by atoms with van der Waals surface area (Å²) in [6.45, 7) is 3.99. The zero-order valence-corrected chi connectivity index (χ0v) is 18.2. The van der Waals surface area contributed by atoms with Gasteiger partial charge in [0.2, 0.25) is 0 Å². The topological polar surface area (TPSA) is 67.4 Å². The SMILES string of the molecule is CCN1C(=O)/C(=C\c2ccc(OC)c(CSc3nc(C)cc(C(F)F)n3)c2)NC1=S. The molecule has 1 fully saturated rings. The number of rotatable bonds is 7. The Morgan fingerprint density at radius 2 is 2.10 bits per heavy atom. The lowest BCUT2D eigenvalue weighted by Crippen LogP contribution is -2.30. The molecule has 3 rings (SSSR count). The van der Waals surface area contributed by atoms with Crippen molar-refractivity contribution < 1.29 is 18.3 Å². The van der Waals surface area contributed by atoms with Gasteiger partial charge in [-0.3, -0.25) is 9.69 Å². The molecule has 0 unspecified atom stereocenters. The molecule has 0 spiro atoms. The third-order valence-electron chi connectivity index (χ3n) is 4.33. The van der Waals surface area contributed by atoms with E-state index in [0.717, 1.165) is 11.1 Å². The number of alkyl halides is 2. The number of thiocarbonyl (C=S) groups is 1. The van der Waals surface area contributed by atoms with Crippen LogP contribution in [0.2, 0.25) is 0 Å². The number of thioether (sulfide) groups is 1. The van der Waals surface area contributed by atoms with Gasteiger partial charge in [-0.2, -0.15) is 0 Å². The third kappa shape index (κ3) is 4.93. The Balaban J connectivity index is 1.83. The van der Waals surface area contributed by atoms with Crippen molar-refractivity contribution in [1.82, 2.24) is 20.2 Å². The number of nitrogens with one attached hydrogen (secondary N) is 1. The highest BCUT2D eigenvalue weighted by Gasteiger charge is 2.29. The average molecular weight is 451 g/mol. The van der Waals surface area contributed by atoms with Crippen LogP contribution in [0.25, 0.3) is 6.08 Å². The molecule has 1 aliphatic rings. The van der Waals surface area contributed by atoms with Gasteiger partial charge >= 0.3 is 0 Å². The second-order valence-corrected chi connectivity index (χ2v) is 7.74. The van der Waals surface area contributed by atoms with Gasteiger partial charge < -0.3 is 10.1 Å². The lowest BCUT2D eigenvalue weighted by Gasteiger charge is -2.10. The second-order valence-electron chi connectivity index (χ2n) is 6.41. The van der Waals surface area contributed by atoms with E-state index in [1.54, 1.807) is 26.2 Å². The summed E-state index contributed by atoms with van der Waals surface area (Å²) in [4.78, 5) is 22.0. The molecule has 6 nitrogen and oxygen atoms in total. The molecular formula is C20H20F2N4O2S2. The van der Waals surface area contributed by atoms with Crippen LogP contribution in [0.3, 0.4) is 0 Å². The quantitative estimate of drug-likeness (QED) is 0.295. The van der Waals surface area contributed by atoms with Crippen molar-refractivity contribution in [2.75, 3.05) is 13.7 Å². The molecule has 0 radical (unpaired) electrons. The first kappa shape index (κ1) is 22.1. The van der Waals surface area contributed by atoms with Crippen LogP contribution >= 0.6 is 24.0 Å². The molecule has 1 N–H and O–H groups in total. The maximum Gasteiger partial charge on any atom is 0.280 e. The highest BCUT2D eigenvalue weighted by molar-refractivity contribution is 7.98. The minimum atomic E-state index is -2.65. The smallest absolute Gasteiger partial charge is 0.280 e. The number of hydrogen-bond acceptors (Lipinski definition) is 6. The van der Waals surface area contributed by atoms with E-state index in [1.165, 1.54) is 22.7 Å². The molecule has 2 aromatic rings. The normalized spacial score (nSPS) is 15.3. The highest BCUT2D eigenvalue weighted by Crippen LogP contribution is 2.29. The van der Waals surface area contributed by atoms with Crippen molar-refractivity contribution >= 4 is 41.1 Å². The van der Waals surface area contributed by atoms with Crippen LogP contribution in [0.5, 0.6) is 5.75 Å². The number of methoxy groups -OCH3 is 1. The molecule has 1 aromatic heterocycles. The van der Waals surface area contributed by atoms with Crippen molar-refractivity contribution in [1.29, 1.82) is 0 Å². The molecule has 158 valence electrons. The number of carbonyl (C=O) groups excluding carboxylic acids is 1. The minimum absolute atomic E-state index is 0.179. The first-order valence-electron chi connectivity index (χ1n) is 9.10. The van der Waals surface area contributed by atoms with Crippen LogP contribution in [0.1, 0.15) is 35.9 Å². The van der Waals surface area contributed by atoms with Gasteiger partial charge in [-0.1, -0.05) is 17.8 Å². The van der Waals surface area contributed by atoms with Gasteiger partial charge in [0.05, 0.1) is 7.11 Å². The van der Waals surface area contributed by atoms with E-state index in [9.17, 15) is 13.6 Å². The summed E-state index contributed by atoms with van der Waals surface area (Å²) >= 11 is 6.41. The predicted molar refractivity (Wildman–Crippen MR) is 115 cm³/mol. The van der Waals surface area contributed by atoms with Gasteiger partial charge in [-0.05, 0) is 55.9 Å². The minimum Gasteiger partial charge on any atom is -0.496 e. The number of ether oxygens (including phenoxy) is 1. The van der Waals surface area contributed by atoms with Gasteiger partial charge in [0, 0.05) is 23.6 Å². The summed E-state index contributed by atoms with van der Waals surface area (Å²) in [5, 5.41) is 3.57. The van der Waals surface area contributed by atoms with Crippen LogP contribution in [-0.4, -0.2) is 39.5 Å². The molecule has 0 bridgehead atoms. The Morgan fingerprint density at radius 3 is 2.73 bits per heavy atom. The fourth-order valence-electron chi connectivity index (χ4n) is 2.91. The molecule has 1 aromatic carbocycles. The standard InChI is InChI=1S/C20H20F2N4O2S2/c1-4-26-18(27)15(25-20(26)29)9-12-5-6-16(28-3)13(8-12)10-30-19-23-11(2)7-14(24-19)17(21)22/h5-9,17H,4,10H2,1-3H3,(H,25,29)/b15-9+. The van der Waals surface area contributed by atoms with Crippen LogP contribution in [0, 0.1) is 6.92 Å². The first-order valence-corrected chi connectivity index (χ1v) is 10.5. The number of hydrogen-bond donors (Lipinski definition) is 1. The predicted octanol–water partition coefficient (Wildman–Crippen LogP) is 4.10. The van der Waals surface area contributed by atoms with Gasteiger partial charge in [0.1, 0.15) is 17.1 Å². The summed E-state index contributed by atoms with van der Waals surface area (Å²) < 4.78 is 31.4. The fourth-order valence-corrected chi connectivity index (χ4v) is 4.12. The van der Waals surface area contributed by atoms with E-state index in [4.69, 9.17) is 17.0 Å². The number of carbonyl (C=O) groups is 1. The molecule has 1 saturated heterocycles. The zero-order valence-electron chi connectivity index (χ0n) is 16.6. The number of aryl methyl sites for hydroxylation is 1. The number of halogens is 2. The summed E-state index contributed by atoms with van der Waals surface area (Å²) in [5.41, 5.74) is 2.19. The van der Waals surface area contributed by atoms with Crippen molar-refractivity contribution in [2.45, 2.75) is 31.2 Å². The molecule has 2 heterocycles. The van der Waals surface area contributed by atoms with Crippen molar-refractivity contribution in [3.63, 3.8) is 0 Å². The monoisotopic (exact) mass is 450 g/mol. The Kier molecular flexibility index (Phi) is 6.99. The molecule has 0 atom stereocenters. The van der Waals surface area contributed by atoms with Gasteiger partial charge in [-0.25, -0.2) is 18.7 Å². The van der Waals surface area contributed by atoms with Gasteiger partial charge in [-0.15, -0.1) is 0 Å². The van der Waals surface area contributed by atoms with Crippen molar-refractivity contribution in [2.24, 2.45) is 0 Å². The van der Waals surface area contributed by atoms with E-state index >= 15 is 0 Å². The maximum absolute atomic E-state index is 13.0. The van der Waals surface area contributed by atoms with E-state index in [2.05, 4.69) is 15.3 Å². The number of aromatic nitrogens is 2. The van der Waals surface area contributed by atoms with E-state index in [1.807, 2.05) is 19.1 Å². The van der Waals surface area contributed by atoms with Gasteiger partial charge in [0.25, 0.3) is 12.3 Å². The fraction of sp³-hybridized carbons (Fsp3) is 0.300. The second kappa shape index (κ2) is 9.48. The van der Waals surface area contributed by atoms with Gasteiger partial charge in [0.15, 0.2) is 10.3 Å². The highest BCUT2D eigenvalue weighted by atomic mass is 32.2. The summed E-state index contributed by atoms with van der Waals surface area (Å²) in [5.74, 6) is 0.873. The number of likely N-dealkylation sites (N-methyl/N-ethyl adjacent to an activating group) is 1. The molecular weight excluding hydrogens is 430 g/mol. The zero-order chi connectivity index (χ0) is 21.8.